The molecule has 0 heterocycles. The van der Waals surface area contributed by atoms with Crippen LogP contribution in [-0.2, 0) is 9.47 Å². The quantitative estimate of drug-likeness (QED) is 0.515. The average Bonchev–Trinajstić information content (AvgIpc) is 1.83. The van der Waals surface area contributed by atoms with Gasteiger partial charge in [-0.05, 0) is 6.92 Å². The van der Waals surface area contributed by atoms with Gasteiger partial charge in [-0.3, -0.25) is 0 Å². The van der Waals surface area contributed by atoms with E-state index in [1.165, 1.54) is 6.61 Å². The van der Waals surface area contributed by atoms with Crippen molar-refractivity contribution in [1.29, 1.82) is 0 Å². The van der Waals surface area contributed by atoms with Gasteiger partial charge in [0.05, 0.1) is 0 Å². The molecule has 0 aromatic rings. The molecule has 0 N–H and O–H groups in total. The Kier molecular flexibility index (Phi) is 4.61. The molecule has 1 radical (unpaired) electrons. The van der Waals surface area contributed by atoms with Crippen molar-refractivity contribution in [3.63, 3.8) is 0 Å². The third-order valence-corrected chi connectivity index (χ3v) is 0.698. The first kappa shape index (κ1) is 7.66. The van der Waals surface area contributed by atoms with E-state index < -0.39 is 0 Å². The van der Waals surface area contributed by atoms with Crippen LogP contribution in [-0.4, -0.2) is 13.4 Å². The Morgan fingerprint density at radius 3 is 2.62 bits per heavy atom. The van der Waals surface area contributed by atoms with Crippen molar-refractivity contribution < 1.29 is 9.47 Å². The van der Waals surface area contributed by atoms with E-state index in [4.69, 9.17) is 9.47 Å². The first-order valence-corrected chi connectivity index (χ1v) is 2.43. The van der Waals surface area contributed by atoms with E-state index in [-0.39, 0.29) is 6.29 Å². The second-order valence-electron chi connectivity index (χ2n) is 1.31. The van der Waals surface area contributed by atoms with E-state index in [9.17, 15) is 0 Å². The molecule has 0 aromatic heterocycles. The van der Waals surface area contributed by atoms with E-state index in [0.29, 0.717) is 0 Å². The molecule has 0 bridgehead atoms. The van der Waals surface area contributed by atoms with Gasteiger partial charge in [0.1, 0.15) is 6.61 Å². The summed E-state index contributed by atoms with van der Waals surface area (Å²) in [4.78, 5) is 0. The molecule has 0 aliphatic rings. The topological polar surface area (TPSA) is 18.5 Å². The summed E-state index contributed by atoms with van der Waals surface area (Å²) < 4.78 is 9.63. The van der Waals surface area contributed by atoms with Gasteiger partial charge < -0.3 is 9.47 Å². The Labute approximate surface area is 50.1 Å². The zero-order chi connectivity index (χ0) is 6.41. The van der Waals surface area contributed by atoms with Crippen LogP contribution in [0.3, 0.4) is 0 Å². The fourth-order valence-electron chi connectivity index (χ4n) is 0.222. The summed E-state index contributed by atoms with van der Waals surface area (Å²) in [5, 5.41) is 0. The Morgan fingerprint density at radius 2 is 2.25 bits per heavy atom. The molecule has 1 atom stereocenters. The van der Waals surface area contributed by atoms with Gasteiger partial charge in [0.25, 0.3) is 0 Å². The lowest BCUT2D eigenvalue weighted by atomic mass is 10.7. The fourth-order valence-corrected chi connectivity index (χ4v) is 0.222. The largest absolute Gasteiger partial charge is 0.356 e. The maximum atomic E-state index is 4.88. The van der Waals surface area contributed by atoms with E-state index in [1.54, 1.807) is 20.1 Å². The van der Waals surface area contributed by atoms with Gasteiger partial charge in [-0.25, -0.2) is 0 Å². The van der Waals surface area contributed by atoms with Crippen LogP contribution < -0.4 is 0 Å². The molecule has 0 fully saturated rings. The second kappa shape index (κ2) is 4.81. The molecule has 0 rings (SSSR count). The van der Waals surface area contributed by atoms with E-state index in [1.807, 2.05) is 0 Å². The van der Waals surface area contributed by atoms with Gasteiger partial charge >= 0.3 is 0 Å². The Bertz CT molecular complexity index is 61.5. The molecule has 2 heteroatoms. The molecule has 0 saturated carbocycles. The van der Waals surface area contributed by atoms with Gasteiger partial charge in [0, 0.05) is 7.11 Å². The van der Waals surface area contributed by atoms with Crippen molar-refractivity contribution in [2.75, 3.05) is 7.11 Å². The monoisotopic (exact) mass is 115 g/mol. The number of hydrogen-bond donors (Lipinski definition) is 0. The standard InChI is InChI=1S/C6H11O2/c1-4-5-8-6(2)7-3/h4-6H,1H2,2-3H3. The van der Waals surface area contributed by atoms with Gasteiger partial charge in [-0.15, -0.1) is 6.58 Å². The van der Waals surface area contributed by atoms with Crippen molar-refractivity contribution >= 4 is 0 Å². The minimum Gasteiger partial charge on any atom is -0.356 e. The lowest BCUT2D eigenvalue weighted by molar-refractivity contribution is -0.0801. The minimum atomic E-state index is -0.173. The first-order valence-electron chi connectivity index (χ1n) is 2.43. The van der Waals surface area contributed by atoms with Crippen LogP contribution in [0, 0.1) is 6.61 Å². The Balaban J connectivity index is 2.97. The molecule has 0 aromatic carbocycles. The van der Waals surface area contributed by atoms with Crippen molar-refractivity contribution in [1.82, 2.24) is 0 Å². The van der Waals surface area contributed by atoms with Crippen molar-refractivity contribution in [2.45, 2.75) is 13.2 Å². The van der Waals surface area contributed by atoms with Crippen LogP contribution in [0.2, 0.25) is 0 Å². The highest BCUT2D eigenvalue weighted by molar-refractivity contribution is 4.77. The summed E-state index contributed by atoms with van der Waals surface area (Å²) in [5.41, 5.74) is 0. The highest BCUT2D eigenvalue weighted by atomic mass is 16.7. The summed E-state index contributed by atoms with van der Waals surface area (Å²) >= 11 is 0. The van der Waals surface area contributed by atoms with Crippen LogP contribution in [0.15, 0.2) is 12.7 Å². The number of hydrogen-bond acceptors (Lipinski definition) is 2. The fraction of sp³-hybridized carbons (Fsp3) is 0.500. The normalized spacial score (nSPS) is 13.2. The lowest BCUT2D eigenvalue weighted by Crippen LogP contribution is -2.06. The number of methoxy groups -OCH3 is 1. The SMILES string of the molecule is C=C[CH]OC(C)OC. The molecular formula is C6H11O2. The molecule has 8 heavy (non-hydrogen) atoms. The zero-order valence-corrected chi connectivity index (χ0v) is 5.26. The minimum absolute atomic E-state index is 0.173. The van der Waals surface area contributed by atoms with Crippen molar-refractivity contribution in [2.24, 2.45) is 0 Å². The molecule has 47 valence electrons. The van der Waals surface area contributed by atoms with Crippen LogP contribution in [0.4, 0.5) is 0 Å². The first-order chi connectivity index (χ1) is 3.81. The highest BCUT2D eigenvalue weighted by Crippen LogP contribution is 1.92. The number of rotatable bonds is 4. The summed E-state index contributed by atoms with van der Waals surface area (Å²) in [6.45, 7) is 6.73. The average molecular weight is 115 g/mol. The van der Waals surface area contributed by atoms with Gasteiger partial charge in [-0.2, -0.15) is 0 Å². The summed E-state index contributed by atoms with van der Waals surface area (Å²) in [6.07, 6.45) is 1.39. The molecule has 0 saturated heterocycles. The molecule has 1 unspecified atom stereocenters. The number of ether oxygens (including phenoxy) is 2. The Morgan fingerprint density at radius 1 is 1.62 bits per heavy atom. The van der Waals surface area contributed by atoms with Crippen molar-refractivity contribution in [3.8, 4) is 0 Å². The summed E-state index contributed by atoms with van der Waals surface area (Å²) in [5.74, 6) is 0. The third-order valence-electron chi connectivity index (χ3n) is 0.698. The van der Waals surface area contributed by atoms with Crippen LogP contribution >= 0.6 is 0 Å². The molecule has 0 aliphatic carbocycles. The summed E-state index contributed by atoms with van der Waals surface area (Å²) in [6, 6.07) is 0. The highest BCUT2D eigenvalue weighted by Gasteiger charge is 1.93. The van der Waals surface area contributed by atoms with E-state index in [2.05, 4.69) is 6.58 Å². The van der Waals surface area contributed by atoms with Crippen LogP contribution in [0.1, 0.15) is 6.92 Å². The molecule has 0 amide bonds. The van der Waals surface area contributed by atoms with Crippen LogP contribution in [0.5, 0.6) is 0 Å². The molecule has 2 nitrogen and oxygen atoms in total. The van der Waals surface area contributed by atoms with Gasteiger partial charge in [-0.1, -0.05) is 6.08 Å². The molecular weight excluding hydrogens is 104 g/mol. The zero-order valence-electron chi connectivity index (χ0n) is 5.26. The van der Waals surface area contributed by atoms with Gasteiger partial charge in [0.2, 0.25) is 0 Å². The predicted molar refractivity (Wildman–Crippen MR) is 32.1 cm³/mol. The maximum Gasteiger partial charge on any atom is 0.155 e. The molecule has 0 spiro atoms. The van der Waals surface area contributed by atoms with E-state index >= 15 is 0 Å². The summed E-state index contributed by atoms with van der Waals surface area (Å²) in [7, 11) is 1.58. The third kappa shape index (κ3) is 3.84. The smallest absolute Gasteiger partial charge is 0.155 e. The predicted octanol–water partition coefficient (Wildman–Crippen LogP) is 1.34. The Hall–Kier alpha value is -0.340. The second-order valence-corrected chi connectivity index (χ2v) is 1.31. The maximum absolute atomic E-state index is 4.88. The van der Waals surface area contributed by atoms with Gasteiger partial charge in [0.15, 0.2) is 6.29 Å². The lowest BCUT2D eigenvalue weighted by Gasteiger charge is -2.06. The molecule has 0 aliphatic heterocycles. The van der Waals surface area contributed by atoms with E-state index in [0.717, 1.165) is 0 Å². The van der Waals surface area contributed by atoms with Crippen LogP contribution in [0.25, 0.3) is 0 Å². The van der Waals surface area contributed by atoms with Crippen molar-refractivity contribution in [3.05, 3.63) is 19.3 Å².